The van der Waals surface area contributed by atoms with Gasteiger partial charge in [-0.05, 0) is 48.7 Å². The molecule has 0 radical (unpaired) electrons. The zero-order valence-corrected chi connectivity index (χ0v) is 16.7. The summed E-state index contributed by atoms with van der Waals surface area (Å²) in [6.45, 7) is 1.84. The van der Waals surface area contributed by atoms with Gasteiger partial charge >= 0.3 is 0 Å². The first-order chi connectivity index (χ1) is 13.8. The summed E-state index contributed by atoms with van der Waals surface area (Å²) in [5.41, 5.74) is 1.77. The molecule has 5 atom stereocenters. The number of hydrogen-bond acceptors (Lipinski definition) is 7. The molecule has 0 spiro atoms. The van der Waals surface area contributed by atoms with E-state index in [1.54, 1.807) is 12.1 Å². The molecule has 2 aromatic carbocycles. The topological polar surface area (TPSA) is 120 Å². The van der Waals surface area contributed by atoms with Gasteiger partial charge in [-0.15, -0.1) is 0 Å². The van der Waals surface area contributed by atoms with Gasteiger partial charge in [0.2, 0.25) is 5.79 Å². The van der Waals surface area contributed by atoms with Crippen molar-refractivity contribution in [1.29, 1.82) is 0 Å². The minimum absolute atomic E-state index is 0.153. The molecule has 1 aliphatic heterocycles. The lowest BCUT2D eigenvalue weighted by atomic mass is 9.87. The van der Waals surface area contributed by atoms with E-state index in [1.165, 1.54) is 6.07 Å². The van der Waals surface area contributed by atoms with Crippen LogP contribution in [0.15, 0.2) is 42.5 Å². The zero-order chi connectivity index (χ0) is 21.2. The Hall–Kier alpha value is -1.71. The normalized spacial score (nSPS) is 29.6. The molecule has 2 aromatic rings. The molecule has 0 saturated carbocycles. The zero-order valence-electron chi connectivity index (χ0n) is 15.9. The Morgan fingerprint density at radius 3 is 2.38 bits per heavy atom. The predicted molar refractivity (Wildman–Crippen MR) is 106 cm³/mol. The summed E-state index contributed by atoms with van der Waals surface area (Å²) < 4.78 is 10.8. The Morgan fingerprint density at radius 1 is 1.07 bits per heavy atom. The summed E-state index contributed by atoms with van der Waals surface area (Å²) in [6.07, 6.45) is -5.87. The van der Waals surface area contributed by atoms with Gasteiger partial charge in [0.25, 0.3) is 0 Å². The summed E-state index contributed by atoms with van der Waals surface area (Å²) in [4.78, 5) is 0. The van der Waals surface area contributed by atoms with Gasteiger partial charge in [0, 0.05) is 10.6 Å². The smallest absolute Gasteiger partial charge is 0.222 e. The summed E-state index contributed by atoms with van der Waals surface area (Å²) in [6, 6.07) is 12.1. The Kier molecular flexibility index (Phi) is 6.80. The van der Waals surface area contributed by atoms with Crippen molar-refractivity contribution in [2.75, 3.05) is 13.2 Å². The standard InChI is InChI=1S/C21H25ClO7/c1-2-28-15-6-3-12(4-7-15)9-13-10-14(5-8-16(13)22)21(27)20(26)19(25)18(24)17(11-23)29-21/h3-8,10,17-20,23-27H,2,9,11H2,1H3/t17-,18-,19+,20-,21?/m1/s1. The van der Waals surface area contributed by atoms with Gasteiger partial charge < -0.3 is 35.0 Å². The van der Waals surface area contributed by atoms with Crippen LogP contribution in [0.1, 0.15) is 23.6 Å². The van der Waals surface area contributed by atoms with Crippen molar-refractivity contribution >= 4 is 11.6 Å². The van der Waals surface area contributed by atoms with Gasteiger partial charge in [0.1, 0.15) is 30.2 Å². The lowest BCUT2D eigenvalue weighted by Crippen LogP contribution is -2.63. The molecule has 1 fully saturated rings. The highest BCUT2D eigenvalue weighted by atomic mass is 35.5. The molecule has 8 heteroatoms. The van der Waals surface area contributed by atoms with Crippen molar-refractivity contribution < 1.29 is 35.0 Å². The molecule has 0 aromatic heterocycles. The highest BCUT2D eigenvalue weighted by Gasteiger charge is 2.53. The molecule has 1 aliphatic rings. The first-order valence-corrected chi connectivity index (χ1v) is 9.73. The van der Waals surface area contributed by atoms with Crippen LogP contribution >= 0.6 is 11.6 Å². The van der Waals surface area contributed by atoms with Crippen LogP contribution in [0.2, 0.25) is 5.02 Å². The number of aliphatic hydroxyl groups excluding tert-OH is 4. The number of ether oxygens (including phenoxy) is 2. The van der Waals surface area contributed by atoms with Gasteiger partial charge in [-0.1, -0.05) is 29.8 Å². The Balaban J connectivity index is 1.89. The van der Waals surface area contributed by atoms with E-state index in [1.807, 2.05) is 31.2 Å². The van der Waals surface area contributed by atoms with E-state index in [2.05, 4.69) is 0 Å². The first kappa shape index (κ1) is 22.0. The maximum atomic E-state index is 11.0. The maximum absolute atomic E-state index is 11.0. The predicted octanol–water partition coefficient (Wildman–Crippen LogP) is 0.948. The third kappa shape index (κ3) is 4.41. The van der Waals surface area contributed by atoms with Crippen molar-refractivity contribution in [1.82, 2.24) is 0 Å². The van der Waals surface area contributed by atoms with Crippen LogP contribution in [0.5, 0.6) is 5.75 Å². The van der Waals surface area contributed by atoms with E-state index in [0.29, 0.717) is 23.6 Å². The van der Waals surface area contributed by atoms with Crippen molar-refractivity contribution in [3.05, 3.63) is 64.2 Å². The van der Waals surface area contributed by atoms with E-state index in [0.717, 1.165) is 11.3 Å². The van der Waals surface area contributed by atoms with E-state index < -0.39 is 36.8 Å². The van der Waals surface area contributed by atoms with Crippen LogP contribution in [-0.2, 0) is 16.9 Å². The number of benzene rings is 2. The monoisotopic (exact) mass is 424 g/mol. The molecule has 1 saturated heterocycles. The molecule has 7 nitrogen and oxygen atoms in total. The van der Waals surface area contributed by atoms with E-state index in [9.17, 15) is 25.5 Å². The van der Waals surface area contributed by atoms with Gasteiger partial charge in [0.15, 0.2) is 0 Å². The summed E-state index contributed by atoms with van der Waals surface area (Å²) in [7, 11) is 0. The molecule has 1 unspecified atom stereocenters. The molecule has 158 valence electrons. The lowest BCUT2D eigenvalue weighted by Gasteiger charge is -2.45. The van der Waals surface area contributed by atoms with E-state index in [-0.39, 0.29) is 5.56 Å². The average molecular weight is 425 g/mol. The Bertz CT molecular complexity index is 826. The minimum atomic E-state index is -2.32. The number of aliphatic hydroxyl groups is 5. The van der Waals surface area contributed by atoms with Crippen LogP contribution in [0.25, 0.3) is 0 Å². The van der Waals surface area contributed by atoms with Crippen LogP contribution in [0.4, 0.5) is 0 Å². The molecule has 5 N–H and O–H groups in total. The Morgan fingerprint density at radius 2 is 1.76 bits per heavy atom. The van der Waals surface area contributed by atoms with Crippen molar-refractivity contribution in [2.45, 2.75) is 43.5 Å². The fraction of sp³-hybridized carbons (Fsp3) is 0.429. The molecule has 1 heterocycles. The minimum Gasteiger partial charge on any atom is -0.494 e. The molecular formula is C21H25ClO7. The SMILES string of the molecule is CCOc1ccc(Cc2cc(C3(O)O[C@H](CO)[C@@H](O)[C@H](O)[C@H]3O)ccc2Cl)cc1. The third-order valence-electron chi connectivity index (χ3n) is 5.05. The molecule has 0 amide bonds. The Labute approximate surface area is 173 Å². The second kappa shape index (κ2) is 8.97. The van der Waals surface area contributed by atoms with E-state index in [4.69, 9.17) is 21.1 Å². The van der Waals surface area contributed by atoms with Gasteiger partial charge in [-0.2, -0.15) is 0 Å². The van der Waals surface area contributed by atoms with Crippen LogP contribution in [0.3, 0.4) is 0 Å². The highest BCUT2D eigenvalue weighted by Crippen LogP contribution is 2.37. The highest BCUT2D eigenvalue weighted by molar-refractivity contribution is 6.31. The van der Waals surface area contributed by atoms with E-state index >= 15 is 0 Å². The quantitative estimate of drug-likeness (QED) is 0.468. The largest absolute Gasteiger partial charge is 0.494 e. The lowest BCUT2D eigenvalue weighted by molar-refractivity contribution is -0.357. The summed E-state index contributed by atoms with van der Waals surface area (Å²) in [5, 5.41) is 51.1. The fourth-order valence-corrected chi connectivity index (χ4v) is 3.60. The van der Waals surface area contributed by atoms with Crippen molar-refractivity contribution in [3.63, 3.8) is 0 Å². The second-order valence-corrected chi connectivity index (χ2v) is 7.43. The molecule has 0 aliphatic carbocycles. The molecule has 0 bridgehead atoms. The van der Waals surface area contributed by atoms with Gasteiger partial charge in [0.05, 0.1) is 13.2 Å². The van der Waals surface area contributed by atoms with Crippen LogP contribution in [-0.4, -0.2) is 63.2 Å². The maximum Gasteiger partial charge on any atom is 0.222 e. The number of halogens is 1. The molecule has 29 heavy (non-hydrogen) atoms. The summed E-state index contributed by atoms with van der Waals surface area (Å²) >= 11 is 6.32. The van der Waals surface area contributed by atoms with Gasteiger partial charge in [-0.3, -0.25) is 0 Å². The summed E-state index contributed by atoms with van der Waals surface area (Å²) in [5.74, 6) is -1.56. The fourth-order valence-electron chi connectivity index (χ4n) is 3.42. The third-order valence-corrected chi connectivity index (χ3v) is 5.42. The van der Waals surface area contributed by atoms with Gasteiger partial charge in [-0.25, -0.2) is 0 Å². The first-order valence-electron chi connectivity index (χ1n) is 9.36. The number of hydrogen-bond donors (Lipinski definition) is 5. The second-order valence-electron chi connectivity index (χ2n) is 7.02. The molecule has 3 rings (SSSR count). The molecular weight excluding hydrogens is 400 g/mol. The average Bonchev–Trinajstić information content (AvgIpc) is 2.72. The van der Waals surface area contributed by atoms with Crippen LogP contribution < -0.4 is 4.74 Å². The van der Waals surface area contributed by atoms with Crippen molar-refractivity contribution in [3.8, 4) is 5.75 Å². The van der Waals surface area contributed by atoms with Crippen molar-refractivity contribution in [2.24, 2.45) is 0 Å². The number of rotatable bonds is 6. The van der Waals surface area contributed by atoms with Crippen LogP contribution in [0, 0.1) is 0 Å².